The first-order valence-corrected chi connectivity index (χ1v) is 5.53. The molecule has 0 saturated heterocycles. The van der Waals surface area contributed by atoms with Gasteiger partial charge in [-0.05, 0) is 28.1 Å². The van der Waals surface area contributed by atoms with Gasteiger partial charge >= 0.3 is 0 Å². The Bertz CT molecular complexity index is 349. The molecule has 1 aliphatic rings. The van der Waals surface area contributed by atoms with Crippen LogP contribution in [-0.2, 0) is 0 Å². The Morgan fingerprint density at radius 1 is 1.43 bits per heavy atom. The summed E-state index contributed by atoms with van der Waals surface area (Å²) in [6, 6.07) is 6.05. The zero-order valence-corrected chi connectivity index (χ0v) is 10.0. The van der Waals surface area contributed by atoms with Crippen molar-refractivity contribution in [1.82, 2.24) is 0 Å². The molecule has 3 heteroatoms. The molecule has 0 atom stereocenters. The Hall–Kier alpha value is -0.700. The molecule has 2 nitrogen and oxygen atoms in total. The molecular weight excluding hydrogens is 242 g/mol. The standard InChI is InChI=1S/C11H14BrNO/c1-11(2)6-13-9-5-3-4-8(12)10(9)14-7-11/h3-5,13H,6-7H2,1-2H3. The van der Waals surface area contributed by atoms with Crippen LogP contribution >= 0.6 is 15.9 Å². The number of nitrogens with one attached hydrogen (secondary N) is 1. The lowest BCUT2D eigenvalue weighted by atomic mass is 9.95. The third kappa shape index (κ3) is 1.87. The third-order valence-electron chi connectivity index (χ3n) is 2.33. The minimum Gasteiger partial charge on any atom is -0.490 e. The van der Waals surface area contributed by atoms with Gasteiger partial charge in [-0.2, -0.15) is 0 Å². The molecule has 1 heterocycles. The van der Waals surface area contributed by atoms with E-state index in [0.717, 1.165) is 29.1 Å². The molecule has 0 aromatic heterocycles. The number of benzene rings is 1. The highest BCUT2D eigenvalue weighted by Gasteiger charge is 2.24. The summed E-state index contributed by atoms with van der Waals surface area (Å²) in [4.78, 5) is 0. The number of hydrogen-bond donors (Lipinski definition) is 1. The van der Waals surface area contributed by atoms with Gasteiger partial charge in [-0.3, -0.25) is 0 Å². The van der Waals surface area contributed by atoms with Gasteiger partial charge in [0.1, 0.15) is 0 Å². The molecule has 0 aliphatic carbocycles. The average Bonchev–Trinajstić information content (AvgIpc) is 2.27. The van der Waals surface area contributed by atoms with Crippen molar-refractivity contribution in [2.24, 2.45) is 5.41 Å². The van der Waals surface area contributed by atoms with Crippen LogP contribution in [-0.4, -0.2) is 13.2 Å². The van der Waals surface area contributed by atoms with Gasteiger partial charge in [0.25, 0.3) is 0 Å². The zero-order chi connectivity index (χ0) is 10.2. The SMILES string of the molecule is CC1(C)CNc2cccc(Br)c2OC1. The Morgan fingerprint density at radius 2 is 2.21 bits per heavy atom. The van der Waals surface area contributed by atoms with Crippen molar-refractivity contribution in [2.45, 2.75) is 13.8 Å². The normalized spacial score (nSPS) is 18.8. The largest absolute Gasteiger partial charge is 0.490 e. The maximum atomic E-state index is 5.79. The van der Waals surface area contributed by atoms with Gasteiger partial charge in [0.05, 0.1) is 16.8 Å². The van der Waals surface area contributed by atoms with Crippen LogP contribution in [0.15, 0.2) is 22.7 Å². The summed E-state index contributed by atoms with van der Waals surface area (Å²) in [5.74, 6) is 0.929. The molecule has 0 unspecified atom stereocenters. The predicted molar refractivity (Wildman–Crippen MR) is 61.9 cm³/mol. The van der Waals surface area contributed by atoms with E-state index in [0.29, 0.717) is 0 Å². The number of hydrogen-bond acceptors (Lipinski definition) is 2. The van der Waals surface area contributed by atoms with E-state index in [1.165, 1.54) is 0 Å². The van der Waals surface area contributed by atoms with Crippen LogP contribution in [0.2, 0.25) is 0 Å². The van der Waals surface area contributed by atoms with Crippen LogP contribution in [0.25, 0.3) is 0 Å². The Morgan fingerprint density at radius 3 is 3.00 bits per heavy atom. The summed E-state index contributed by atoms with van der Waals surface area (Å²) < 4.78 is 6.80. The van der Waals surface area contributed by atoms with Crippen molar-refractivity contribution in [1.29, 1.82) is 0 Å². The van der Waals surface area contributed by atoms with E-state index in [1.54, 1.807) is 0 Å². The van der Waals surface area contributed by atoms with Gasteiger partial charge in [0.15, 0.2) is 5.75 Å². The lowest BCUT2D eigenvalue weighted by molar-refractivity contribution is 0.199. The fourth-order valence-corrected chi connectivity index (χ4v) is 1.93. The molecule has 1 aromatic carbocycles. The van der Waals surface area contributed by atoms with E-state index in [1.807, 2.05) is 18.2 Å². The summed E-state index contributed by atoms with van der Waals surface area (Å²) in [5.41, 5.74) is 1.25. The van der Waals surface area contributed by atoms with Crippen LogP contribution < -0.4 is 10.1 Å². The van der Waals surface area contributed by atoms with E-state index in [2.05, 4.69) is 35.1 Å². The lowest BCUT2D eigenvalue weighted by Gasteiger charge is -2.20. The van der Waals surface area contributed by atoms with Crippen LogP contribution in [0.4, 0.5) is 5.69 Å². The van der Waals surface area contributed by atoms with Crippen LogP contribution in [0.3, 0.4) is 0 Å². The van der Waals surface area contributed by atoms with Crippen LogP contribution in [0, 0.1) is 5.41 Å². The number of ether oxygens (including phenoxy) is 1. The second-order valence-corrected chi connectivity index (χ2v) is 5.28. The molecule has 1 N–H and O–H groups in total. The van der Waals surface area contributed by atoms with Crippen molar-refractivity contribution in [2.75, 3.05) is 18.5 Å². The fourth-order valence-electron chi connectivity index (χ4n) is 1.45. The molecule has 76 valence electrons. The summed E-state index contributed by atoms with van der Waals surface area (Å²) >= 11 is 3.49. The maximum Gasteiger partial charge on any atom is 0.156 e. The van der Waals surface area contributed by atoms with E-state index in [9.17, 15) is 0 Å². The van der Waals surface area contributed by atoms with E-state index in [4.69, 9.17) is 4.74 Å². The Balaban J connectivity index is 2.34. The zero-order valence-electron chi connectivity index (χ0n) is 8.43. The van der Waals surface area contributed by atoms with Crippen LogP contribution in [0.5, 0.6) is 5.75 Å². The maximum absolute atomic E-state index is 5.79. The minimum atomic E-state index is 0.179. The summed E-state index contributed by atoms with van der Waals surface area (Å²) in [6.07, 6.45) is 0. The first-order chi connectivity index (χ1) is 6.58. The van der Waals surface area contributed by atoms with Crippen molar-refractivity contribution >= 4 is 21.6 Å². The van der Waals surface area contributed by atoms with Crippen molar-refractivity contribution in [3.8, 4) is 5.75 Å². The van der Waals surface area contributed by atoms with E-state index in [-0.39, 0.29) is 5.41 Å². The number of para-hydroxylation sites is 1. The fraction of sp³-hybridized carbons (Fsp3) is 0.455. The minimum absolute atomic E-state index is 0.179. The average molecular weight is 256 g/mol. The highest BCUT2D eigenvalue weighted by Crippen LogP contribution is 2.36. The van der Waals surface area contributed by atoms with E-state index >= 15 is 0 Å². The van der Waals surface area contributed by atoms with Gasteiger partial charge in [-0.15, -0.1) is 0 Å². The monoisotopic (exact) mass is 255 g/mol. The molecule has 0 saturated carbocycles. The molecule has 0 fully saturated rings. The molecule has 2 rings (SSSR count). The van der Waals surface area contributed by atoms with Crippen LogP contribution in [0.1, 0.15) is 13.8 Å². The van der Waals surface area contributed by atoms with Gasteiger partial charge in [0, 0.05) is 12.0 Å². The molecule has 0 spiro atoms. The summed E-state index contributed by atoms with van der Waals surface area (Å²) in [6.45, 7) is 6.08. The third-order valence-corrected chi connectivity index (χ3v) is 2.96. The summed E-state index contributed by atoms with van der Waals surface area (Å²) in [7, 11) is 0. The quantitative estimate of drug-likeness (QED) is 0.769. The Kier molecular flexibility index (Phi) is 2.43. The summed E-state index contributed by atoms with van der Waals surface area (Å²) in [5, 5.41) is 3.40. The molecule has 1 aromatic rings. The molecular formula is C11H14BrNO. The topological polar surface area (TPSA) is 21.3 Å². The number of anilines is 1. The van der Waals surface area contributed by atoms with Crippen molar-refractivity contribution < 1.29 is 4.74 Å². The van der Waals surface area contributed by atoms with Gasteiger partial charge < -0.3 is 10.1 Å². The van der Waals surface area contributed by atoms with Crippen molar-refractivity contribution in [3.05, 3.63) is 22.7 Å². The number of rotatable bonds is 0. The lowest BCUT2D eigenvalue weighted by Crippen LogP contribution is -2.27. The van der Waals surface area contributed by atoms with Crippen molar-refractivity contribution in [3.63, 3.8) is 0 Å². The molecule has 1 aliphatic heterocycles. The van der Waals surface area contributed by atoms with E-state index < -0.39 is 0 Å². The first-order valence-electron chi connectivity index (χ1n) is 4.74. The van der Waals surface area contributed by atoms with Gasteiger partial charge in [0.2, 0.25) is 0 Å². The predicted octanol–water partition coefficient (Wildman–Crippen LogP) is 3.28. The molecule has 0 radical (unpaired) electrons. The smallest absolute Gasteiger partial charge is 0.156 e. The first kappa shape index (κ1) is 9.84. The molecule has 14 heavy (non-hydrogen) atoms. The second kappa shape index (κ2) is 3.46. The molecule has 0 amide bonds. The Labute approximate surface area is 92.8 Å². The van der Waals surface area contributed by atoms with Gasteiger partial charge in [-0.1, -0.05) is 19.9 Å². The number of halogens is 1. The highest BCUT2D eigenvalue weighted by molar-refractivity contribution is 9.10. The van der Waals surface area contributed by atoms with Gasteiger partial charge in [-0.25, -0.2) is 0 Å². The number of fused-ring (bicyclic) bond motifs is 1. The highest BCUT2D eigenvalue weighted by atomic mass is 79.9. The molecule has 0 bridgehead atoms. The second-order valence-electron chi connectivity index (χ2n) is 4.42.